The minimum Gasteiger partial charge on any atom is -0.268 e. The van der Waals surface area contributed by atoms with Crippen molar-refractivity contribution in [2.45, 2.75) is 13.0 Å². The van der Waals surface area contributed by atoms with Crippen LogP contribution in [0.2, 0.25) is 0 Å². The van der Waals surface area contributed by atoms with E-state index >= 15 is 0 Å². The summed E-state index contributed by atoms with van der Waals surface area (Å²) in [5, 5.41) is 4.00. The molecule has 3 heteroatoms. The van der Waals surface area contributed by atoms with Gasteiger partial charge in [-0.3, -0.25) is 4.79 Å². The second-order valence-electron chi connectivity index (χ2n) is 3.32. The molecule has 0 radical (unpaired) electrons. The van der Waals surface area contributed by atoms with Crippen molar-refractivity contribution in [1.29, 1.82) is 0 Å². The minimum atomic E-state index is -0.0477. The minimum absolute atomic E-state index is 0.0477. The van der Waals surface area contributed by atoms with Crippen molar-refractivity contribution >= 4 is 0 Å². The fourth-order valence-electron chi connectivity index (χ4n) is 1.43. The number of nitrogens with zero attached hydrogens (tertiary/aromatic N) is 2. The van der Waals surface area contributed by atoms with E-state index in [4.69, 9.17) is 0 Å². The summed E-state index contributed by atoms with van der Waals surface area (Å²) in [6.45, 7) is 0.629. The quantitative estimate of drug-likeness (QED) is 0.752. The van der Waals surface area contributed by atoms with E-state index in [-0.39, 0.29) is 5.56 Å². The largest absolute Gasteiger partial charge is 0.268 e. The maximum atomic E-state index is 11.3. The molecule has 0 saturated heterocycles. The Morgan fingerprint density at radius 2 is 1.87 bits per heavy atom. The summed E-state index contributed by atoms with van der Waals surface area (Å²) in [5.41, 5.74) is 1.17. The molecule has 15 heavy (non-hydrogen) atoms. The van der Waals surface area contributed by atoms with Crippen LogP contribution in [-0.2, 0) is 13.0 Å². The van der Waals surface area contributed by atoms with Gasteiger partial charge in [0.1, 0.15) is 0 Å². The molecule has 0 fully saturated rings. The molecule has 0 saturated carbocycles. The lowest BCUT2D eigenvalue weighted by Crippen LogP contribution is -2.22. The van der Waals surface area contributed by atoms with Crippen LogP contribution in [0.3, 0.4) is 0 Å². The second-order valence-corrected chi connectivity index (χ2v) is 3.32. The molecule has 0 aliphatic carbocycles. The third-order valence-electron chi connectivity index (χ3n) is 2.24. The Balaban J connectivity index is 2.06. The van der Waals surface area contributed by atoms with Crippen LogP contribution in [0.1, 0.15) is 5.56 Å². The van der Waals surface area contributed by atoms with Gasteiger partial charge in [-0.2, -0.15) is 5.10 Å². The van der Waals surface area contributed by atoms with E-state index in [0.717, 1.165) is 6.42 Å². The van der Waals surface area contributed by atoms with Gasteiger partial charge in [-0.05, 0) is 18.1 Å². The molecule has 1 aromatic carbocycles. The van der Waals surface area contributed by atoms with Crippen LogP contribution in [0, 0.1) is 0 Å². The van der Waals surface area contributed by atoms with Crippen molar-refractivity contribution < 1.29 is 0 Å². The van der Waals surface area contributed by atoms with Crippen LogP contribution in [0.4, 0.5) is 0 Å². The predicted molar refractivity (Wildman–Crippen MR) is 58.6 cm³/mol. The SMILES string of the molecule is O=c1cccnn1CCc1ccccc1. The molecular formula is C12H12N2O. The predicted octanol–water partition coefficient (Wildman–Crippen LogP) is 1.49. The second kappa shape index (κ2) is 4.55. The molecule has 1 aromatic heterocycles. The summed E-state index contributed by atoms with van der Waals surface area (Å²) < 4.78 is 1.48. The third kappa shape index (κ3) is 2.53. The molecule has 2 aromatic rings. The van der Waals surface area contributed by atoms with Crippen molar-refractivity contribution in [3.63, 3.8) is 0 Å². The highest BCUT2D eigenvalue weighted by Gasteiger charge is 1.96. The highest BCUT2D eigenvalue weighted by molar-refractivity contribution is 5.14. The molecule has 0 amide bonds. The number of aryl methyl sites for hydroxylation is 2. The molecule has 0 N–H and O–H groups in total. The Morgan fingerprint density at radius 3 is 2.60 bits per heavy atom. The van der Waals surface area contributed by atoms with Crippen LogP contribution in [0.25, 0.3) is 0 Å². The monoisotopic (exact) mass is 200 g/mol. The van der Waals surface area contributed by atoms with Gasteiger partial charge in [0.2, 0.25) is 0 Å². The van der Waals surface area contributed by atoms with Crippen LogP contribution in [0.5, 0.6) is 0 Å². The van der Waals surface area contributed by atoms with E-state index in [2.05, 4.69) is 5.10 Å². The summed E-state index contributed by atoms with van der Waals surface area (Å²) in [6.07, 6.45) is 2.46. The summed E-state index contributed by atoms with van der Waals surface area (Å²) in [4.78, 5) is 11.3. The fraction of sp³-hybridized carbons (Fsp3) is 0.167. The van der Waals surface area contributed by atoms with Gasteiger partial charge in [0.05, 0.1) is 0 Å². The number of aromatic nitrogens is 2. The Hall–Kier alpha value is -1.90. The summed E-state index contributed by atoms with van der Waals surface area (Å²) >= 11 is 0. The van der Waals surface area contributed by atoms with Gasteiger partial charge < -0.3 is 0 Å². The molecule has 0 unspecified atom stereocenters. The zero-order chi connectivity index (χ0) is 10.5. The van der Waals surface area contributed by atoms with E-state index in [1.165, 1.54) is 16.3 Å². The topological polar surface area (TPSA) is 34.9 Å². The molecule has 1 heterocycles. The summed E-state index contributed by atoms with van der Waals surface area (Å²) in [5.74, 6) is 0. The third-order valence-corrected chi connectivity index (χ3v) is 2.24. The first-order valence-electron chi connectivity index (χ1n) is 4.92. The normalized spacial score (nSPS) is 10.1. The van der Waals surface area contributed by atoms with Gasteiger partial charge in [0, 0.05) is 18.8 Å². The van der Waals surface area contributed by atoms with Gasteiger partial charge in [0.15, 0.2) is 0 Å². The van der Waals surface area contributed by atoms with Gasteiger partial charge >= 0.3 is 0 Å². The zero-order valence-corrected chi connectivity index (χ0v) is 8.34. The Labute approximate surface area is 88.0 Å². The molecule has 76 valence electrons. The van der Waals surface area contributed by atoms with Crippen molar-refractivity contribution in [3.8, 4) is 0 Å². The lowest BCUT2D eigenvalue weighted by atomic mass is 10.1. The van der Waals surface area contributed by atoms with Gasteiger partial charge in [-0.15, -0.1) is 0 Å². The smallest absolute Gasteiger partial charge is 0.266 e. The van der Waals surface area contributed by atoms with E-state index in [1.54, 1.807) is 12.3 Å². The number of hydrogen-bond donors (Lipinski definition) is 0. The first-order chi connectivity index (χ1) is 7.36. The van der Waals surface area contributed by atoms with Crippen LogP contribution >= 0.6 is 0 Å². The number of rotatable bonds is 3. The molecule has 2 rings (SSSR count). The molecule has 0 aliphatic heterocycles. The van der Waals surface area contributed by atoms with Crippen LogP contribution < -0.4 is 5.56 Å². The average Bonchev–Trinajstić information content (AvgIpc) is 2.29. The molecule has 0 aliphatic rings. The van der Waals surface area contributed by atoms with Crippen molar-refractivity contribution in [2.75, 3.05) is 0 Å². The van der Waals surface area contributed by atoms with E-state index < -0.39 is 0 Å². The van der Waals surface area contributed by atoms with E-state index in [0.29, 0.717) is 6.54 Å². The fourth-order valence-corrected chi connectivity index (χ4v) is 1.43. The maximum absolute atomic E-state index is 11.3. The van der Waals surface area contributed by atoms with Crippen LogP contribution in [-0.4, -0.2) is 9.78 Å². The molecule has 0 bridgehead atoms. The van der Waals surface area contributed by atoms with Gasteiger partial charge in [-0.1, -0.05) is 30.3 Å². The standard InChI is InChI=1S/C12H12N2O/c15-12-7-4-9-13-14(12)10-8-11-5-2-1-3-6-11/h1-7,9H,8,10H2. The lowest BCUT2D eigenvalue weighted by molar-refractivity contribution is 0.578. The van der Waals surface area contributed by atoms with Crippen molar-refractivity contribution in [2.24, 2.45) is 0 Å². The van der Waals surface area contributed by atoms with Crippen molar-refractivity contribution in [3.05, 3.63) is 64.6 Å². The number of benzene rings is 1. The molecule has 3 nitrogen and oxygen atoms in total. The Kier molecular flexibility index (Phi) is 2.93. The highest BCUT2D eigenvalue weighted by atomic mass is 16.1. The molecule has 0 atom stereocenters. The molecule has 0 spiro atoms. The zero-order valence-electron chi connectivity index (χ0n) is 8.34. The van der Waals surface area contributed by atoms with Crippen LogP contribution in [0.15, 0.2) is 53.5 Å². The number of hydrogen-bond acceptors (Lipinski definition) is 2. The van der Waals surface area contributed by atoms with E-state index in [9.17, 15) is 4.79 Å². The molecular weight excluding hydrogens is 188 g/mol. The van der Waals surface area contributed by atoms with Gasteiger partial charge in [0.25, 0.3) is 5.56 Å². The summed E-state index contributed by atoms with van der Waals surface area (Å²) in [7, 11) is 0. The maximum Gasteiger partial charge on any atom is 0.266 e. The first kappa shape index (κ1) is 9.65. The van der Waals surface area contributed by atoms with Gasteiger partial charge in [-0.25, -0.2) is 4.68 Å². The lowest BCUT2D eigenvalue weighted by Gasteiger charge is -2.03. The Morgan fingerprint density at radius 1 is 1.07 bits per heavy atom. The average molecular weight is 200 g/mol. The first-order valence-corrected chi connectivity index (χ1v) is 4.92. The van der Waals surface area contributed by atoms with E-state index in [1.807, 2.05) is 30.3 Å². The Bertz CT molecular complexity index is 476. The summed E-state index contributed by atoms with van der Waals surface area (Å²) in [6, 6.07) is 13.3. The van der Waals surface area contributed by atoms with Crippen molar-refractivity contribution in [1.82, 2.24) is 9.78 Å². The highest BCUT2D eigenvalue weighted by Crippen LogP contribution is 1.99.